The average molecular weight is 450 g/mol. The number of hydrogen-bond acceptors (Lipinski definition) is 4. The normalized spacial score (nSPS) is 23.3. The third-order valence-electron chi connectivity index (χ3n) is 6.44. The molecule has 0 aromatic heterocycles. The van der Waals surface area contributed by atoms with Crippen LogP contribution in [0.4, 0.5) is 5.69 Å². The van der Waals surface area contributed by atoms with E-state index in [9.17, 15) is 9.59 Å². The highest BCUT2D eigenvalue weighted by atomic mass is 16.5. The molecule has 6 nitrogen and oxygen atoms in total. The molecule has 2 saturated heterocycles. The highest BCUT2D eigenvalue weighted by Gasteiger charge is 2.24. The molecule has 2 aliphatic rings. The highest BCUT2D eigenvalue weighted by Crippen LogP contribution is 2.22. The van der Waals surface area contributed by atoms with Crippen LogP contribution < -0.4 is 10.6 Å². The van der Waals surface area contributed by atoms with Gasteiger partial charge in [0.2, 0.25) is 0 Å². The van der Waals surface area contributed by atoms with Gasteiger partial charge in [0.15, 0.2) is 0 Å². The summed E-state index contributed by atoms with van der Waals surface area (Å²) >= 11 is 0. The van der Waals surface area contributed by atoms with E-state index in [2.05, 4.69) is 53.6 Å². The Morgan fingerprint density at radius 2 is 1.76 bits per heavy atom. The fraction of sp³-hybridized carbons (Fsp3) is 0.481. The quantitative estimate of drug-likeness (QED) is 0.664. The fourth-order valence-corrected chi connectivity index (χ4v) is 4.97. The second-order valence-corrected chi connectivity index (χ2v) is 9.71. The molecule has 2 aromatic carbocycles. The zero-order valence-electron chi connectivity index (χ0n) is 19.7. The number of carbonyl (C=O) groups is 2. The third kappa shape index (κ3) is 6.65. The van der Waals surface area contributed by atoms with Crippen LogP contribution in [0.25, 0.3) is 0 Å². The Labute approximate surface area is 196 Å². The van der Waals surface area contributed by atoms with E-state index in [1.54, 1.807) is 24.3 Å². The SMILES string of the molecule is CC1CC(C)CN(Cc2ccc(CNC(=O)c3cccc(NC(=O)C4CCCO4)c3)cc2)C1. The number of hydrogen-bond donors (Lipinski definition) is 2. The lowest BCUT2D eigenvalue weighted by Gasteiger charge is -2.35. The van der Waals surface area contributed by atoms with Gasteiger partial charge in [0, 0.05) is 44.0 Å². The van der Waals surface area contributed by atoms with Crippen molar-refractivity contribution >= 4 is 17.5 Å². The molecule has 0 radical (unpaired) electrons. The first-order valence-electron chi connectivity index (χ1n) is 12.1. The maximum atomic E-state index is 12.6. The van der Waals surface area contributed by atoms with Gasteiger partial charge in [-0.2, -0.15) is 0 Å². The molecular formula is C27H35N3O3. The van der Waals surface area contributed by atoms with Gasteiger partial charge in [0.05, 0.1) is 0 Å². The van der Waals surface area contributed by atoms with Crippen LogP contribution in [0.1, 0.15) is 54.6 Å². The second kappa shape index (κ2) is 10.9. The van der Waals surface area contributed by atoms with Crippen molar-refractivity contribution in [2.45, 2.75) is 52.3 Å². The summed E-state index contributed by atoms with van der Waals surface area (Å²) in [5.74, 6) is 1.19. The minimum Gasteiger partial charge on any atom is -0.368 e. The van der Waals surface area contributed by atoms with E-state index in [0.717, 1.165) is 49.9 Å². The van der Waals surface area contributed by atoms with Crippen LogP contribution in [-0.4, -0.2) is 42.5 Å². The maximum absolute atomic E-state index is 12.6. The summed E-state index contributed by atoms with van der Waals surface area (Å²) in [7, 11) is 0. The summed E-state index contributed by atoms with van der Waals surface area (Å²) in [6.45, 7) is 9.06. The number of carbonyl (C=O) groups excluding carboxylic acids is 2. The monoisotopic (exact) mass is 449 g/mol. The molecule has 2 aromatic rings. The number of nitrogens with one attached hydrogen (secondary N) is 2. The molecule has 2 N–H and O–H groups in total. The number of amides is 2. The van der Waals surface area contributed by atoms with Crippen LogP contribution in [-0.2, 0) is 22.6 Å². The summed E-state index contributed by atoms with van der Waals surface area (Å²) < 4.78 is 5.42. The van der Waals surface area contributed by atoms with Crippen molar-refractivity contribution in [2.75, 3.05) is 25.0 Å². The van der Waals surface area contributed by atoms with Gasteiger partial charge in [-0.1, -0.05) is 44.2 Å². The Hall–Kier alpha value is -2.70. The fourth-order valence-electron chi connectivity index (χ4n) is 4.97. The second-order valence-electron chi connectivity index (χ2n) is 9.71. The number of rotatable bonds is 7. The third-order valence-corrected chi connectivity index (χ3v) is 6.44. The zero-order chi connectivity index (χ0) is 23.2. The summed E-state index contributed by atoms with van der Waals surface area (Å²) in [5, 5.41) is 5.83. The van der Waals surface area contributed by atoms with Gasteiger partial charge < -0.3 is 15.4 Å². The first-order chi connectivity index (χ1) is 16.0. The Kier molecular flexibility index (Phi) is 7.78. The Balaban J connectivity index is 1.27. The zero-order valence-corrected chi connectivity index (χ0v) is 19.7. The highest BCUT2D eigenvalue weighted by molar-refractivity contribution is 5.98. The molecule has 2 fully saturated rings. The molecule has 2 heterocycles. The van der Waals surface area contributed by atoms with Crippen molar-refractivity contribution in [3.8, 4) is 0 Å². The molecule has 4 rings (SSSR count). The molecule has 0 saturated carbocycles. The van der Waals surface area contributed by atoms with Gasteiger partial charge in [0.1, 0.15) is 6.10 Å². The van der Waals surface area contributed by atoms with Gasteiger partial charge in [-0.3, -0.25) is 14.5 Å². The van der Waals surface area contributed by atoms with E-state index in [-0.39, 0.29) is 11.8 Å². The van der Waals surface area contributed by atoms with E-state index in [1.807, 2.05) is 0 Å². The van der Waals surface area contributed by atoms with Crippen molar-refractivity contribution in [3.05, 3.63) is 65.2 Å². The van der Waals surface area contributed by atoms with Gasteiger partial charge >= 0.3 is 0 Å². The van der Waals surface area contributed by atoms with Crippen molar-refractivity contribution in [1.82, 2.24) is 10.2 Å². The van der Waals surface area contributed by atoms with Crippen LogP contribution in [0.2, 0.25) is 0 Å². The van der Waals surface area contributed by atoms with Gasteiger partial charge in [-0.15, -0.1) is 0 Å². The number of ether oxygens (including phenoxy) is 1. The molecule has 2 amide bonds. The number of nitrogens with zero attached hydrogens (tertiary/aromatic N) is 1. The minimum absolute atomic E-state index is 0.154. The lowest BCUT2D eigenvalue weighted by atomic mass is 9.91. The molecule has 2 aliphatic heterocycles. The van der Waals surface area contributed by atoms with E-state index >= 15 is 0 Å². The molecule has 0 bridgehead atoms. The summed E-state index contributed by atoms with van der Waals surface area (Å²) in [6, 6.07) is 15.5. The predicted octanol–water partition coefficient (Wildman–Crippen LogP) is 4.21. The molecular weight excluding hydrogens is 414 g/mol. The number of piperidine rings is 1. The van der Waals surface area contributed by atoms with Crippen LogP contribution >= 0.6 is 0 Å². The van der Waals surface area contributed by atoms with Crippen molar-refractivity contribution in [1.29, 1.82) is 0 Å². The summed E-state index contributed by atoms with van der Waals surface area (Å²) in [5.41, 5.74) is 3.50. The van der Waals surface area contributed by atoms with Crippen molar-refractivity contribution < 1.29 is 14.3 Å². The number of likely N-dealkylation sites (tertiary alicyclic amines) is 1. The lowest BCUT2D eigenvalue weighted by molar-refractivity contribution is -0.124. The first kappa shape index (κ1) is 23.5. The van der Waals surface area contributed by atoms with Crippen LogP contribution in [0, 0.1) is 11.8 Å². The van der Waals surface area contributed by atoms with Crippen LogP contribution in [0.15, 0.2) is 48.5 Å². The van der Waals surface area contributed by atoms with E-state index in [1.165, 1.54) is 12.0 Å². The molecule has 176 valence electrons. The number of benzene rings is 2. The van der Waals surface area contributed by atoms with Gasteiger partial charge in [-0.05, 0) is 60.4 Å². The molecule has 6 heteroatoms. The largest absolute Gasteiger partial charge is 0.368 e. The summed E-state index contributed by atoms with van der Waals surface area (Å²) in [4.78, 5) is 27.4. The Bertz CT molecular complexity index is 943. The minimum atomic E-state index is -0.396. The Morgan fingerprint density at radius 3 is 2.45 bits per heavy atom. The molecule has 3 unspecified atom stereocenters. The smallest absolute Gasteiger partial charge is 0.253 e. The standard InChI is InChI=1S/C27H35N3O3/c1-19-13-20(2)17-30(16-19)18-22-10-8-21(9-11-22)15-28-26(31)23-5-3-6-24(14-23)29-27(32)25-7-4-12-33-25/h3,5-6,8-11,14,19-20,25H,4,7,12-13,15-18H2,1-2H3,(H,28,31)(H,29,32). The molecule has 3 atom stereocenters. The van der Waals surface area contributed by atoms with E-state index in [4.69, 9.17) is 4.74 Å². The van der Waals surface area contributed by atoms with Crippen LogP contribution in [0.5, 0.6) is 0 Å². The number of anilines is 1. The first-order valence-corrected chi connectivity index (χ1v) is 12.1. The average Bonchev–Trinajstić information content (AvgIpc) is 3.33. The predicted molar refractivity (Wildman–Crippen MR) is 130 cm³/mol. The topological polar surface area (TPSA) is 70.7 Å². The van der Waals surface area contributed by atoms with E-state index < -0.39 is 6.10 Å². The molecule has 0 spiro atoms. The Morgan fingerprint density at radius 1 is 1.03 bits per heavy atom. The van der Waals surface area contributed by atoms with Gasteiger partial charge in [0.25, 0.3) is 11.8 Å². The van der Waals surface area contributed by atoms with Crippen molar-refractivity contribution in [2.24, 2.45) is 11.8 Å². The van der Waals surface area contributed by atoms with E-state index in [0.29, 0.717) is 24.4 Å². The van der Waals surface area contributed by atoms with Crippen LogP contribution in [0.3, 0.4) is 0 Å². The van der Waals surface area contributed by atoms with Gasteiger partial charge in [-0.25, -0.2) is 0 Å². The maximum Gasteiger partial charge on any atom is 0.253 e. The summed E-state index contributed by atoms with van der Waals surface area (Å²) in [6.07, 6.45) is 2.56. The van der Waals surface area contributed by atoms with Crippen molar-refractivity contribution in [3.63, 3.8) is 0 Å². The molecule has 33 heavy (non-hydrogen) atoms. The molecule has 0 aliphatic carbocycles. The lowest BCUT2D eigenvalue weighted by Crippen LogP contribution is -2.38.